The van der Waals surface area contributed by atoms with Gasteiger partial charge in [0.25, 0.3) is 0 Å². The fourth-order valence-corrected chi connectivity index (χ4v) is 2.04. The summed E-state index contributed by atoms with van der Waals surface area (Å²) >= 11 is 5.48. The largest absolute Gasteiger partial charge is 0.396 e. The molecule has 1 heterocycles. The van der Waals surface area contributed by atoms with Crippen molar-refractivity contribution in [3.05, 3.63) is 11.6 Å². The molecule has 1 atom stereocenters. The molecule has 2 nitrogen and oxygen atoms in total. The molecule has 0 saturated carbocycles. The zero-order valence-corrected chi connectivity index (χ0v) is 8.71. The van der Waals surface area contributed by atoms with Crippen molar-refractivity contribution in [3.8, 4) is 0 Å². The van der Waals surface area contributed by atoms with Gasteiger partial charge in [-0.05, 0) is 32.2 Å². The summed E-state index contributed by atoms with van der Waals surface area (Å²) in [7, 11) is 0. The Kier molecular flexibility index (Phi) is 5.44. The molecule has 0 bridgehead atoms. The molecule has 1 aliphatic heterocycles. The Morgan fingerprint density at radius 1 is 1.54 bits per heavy atom. The predicted molar refractivity (Wildman–Crippen MR) is 55.9 cm³/mol. The Labute approximate surface area is 85.2 Å². The van der Waals surface area contributed by atoms with Crippen LogP contribution in [0.25, 0.3) is 0 Å². The smallest absolute Gasteiger partial charge is 0.0431 e. The minimum atomic E-state index is 0.315. The Morgan fingerprint density at radius 2 is 2.38 bits per heavy atom. The summed E-state index contributed by atoms with van der Waals surface area (Å²) in [6, 6.07) is 0.667. The van der Waals surface area contributed by atoms with E-state index in [-0.39, 0.29) is 0 Å². The monoisotopic (exact) mass is 203 g/mol. The first-order chi connectivity index (χ1) is 6.38. The summed E-state index contributed by atoms with van der Waals surface area (Å²) in [5.74, 6) is 0. The molecule has 3 heteroatoms. The molecule has 0 aliphatic carbocycles. The van der Waals surface area contributed by atoms with E-state index >= 15 is 0 Å². The van der Waals surface area contributed by atoms with Crippen LogP contribution < -0.4 is 0 Å². The second-order valence-corrected chi connectivity index (χ2v) is 3.77. The zero-order chi connectivity index (χ0) is 9.52. The Bertz CT molecular complexity index is 161. The van der Waals surface area contributed by atoms with Gasteiger partial charge in [0.1, 0.15) is 0 Å². The van der Waals surface area contributed by atoms with Gasteiger partial charge in [-0.25, -0.2) is 0 Å². The van der Waals surface area contributed by atoms with Crippen molar-refractivity contribution in [2.75, 3.05) is 19.7 Å². The maximum absolute atomic E-state index is 8.74. The van der Waals surface area contributed by atoms with Crippen LogP contribution in [0.4, 0.5) is 0 Å². The van der Waals surface area contributed by atoms with Crippen molar-refractivity contribution in [3.63, 3.8) is 0 Å². The third kappa shape index (κ3) is 3.67. The van der Waals surface area contributed by atoms with Crippen molar-refractivity contribution in [2.24, 2.45) is 0 Å². The lowest BCUT2D eigenvalue weighted by atomic mass is 10.1. The summed E-state index contributed by atoms with van der Waals surface area (Å²) < 4.78 is 0. The van der Waals surface area contributed by atoms with Crippen molar-refractivity contribution in [2.45, 2.75) is 31.7 Å². The van der Waals surface area contributed by atoms with E-state index in [0.717, 1.165) is 19.4 Å². The number of aliphatic hydroxyl groups is 1. The summed E-state index contributed by atoms with van der Waals surface area (Å²) in [6.45, 7) is 2.45. The molecule has 1 aliphatic rings. The van der Waals surface area contributed by atoms with Crippen molar-refractivity contribution in [1.82, 2.24) is 4.90 Å². The minimum Gasteiger partial charge on any atom is -0.396 e. The quantitative estimate of drug-likeness (QED) is 0.739. The number of nitrogens with zero attached hydrogens (tertiary/aromatic N) is 1. The fourth-order valence-electron chi connectivity index (χ4n) is 1.96. The molecule has 1 unspecified atom stereocenters. The third-order valence-corrected chi connectivity index (χ3v) is 2.80. The van der Waals surface area contributed by atoms with Gasteiger partial charge >= 0.3 is 0 Å². The van der Waals surface area contributed by atoms with Crippen LogP contribution in [-0.2, 0) is 0 Å². The van der Waals surface area contributed by atoms with E-state index in [1.165, 1.54) is 19.4 Å². The Hall–Kier alpha value is -0.0500. The van der Waals surface area contributed by atoms with Crippen LogP contribution in [0.5, 0.6) is 0 Å². The number of hydrogen-bond acceptors (Lipinski definition) is 2. The first-order valence-electron chi connectivity index (χ1n) is 4.98. The first kappa shape index (κ1) is 11.0. The lowest BCUT2D eigenvalue weighted by Crippen LogP contribution is -2.29. The molecule has 76 valence electrons. The third-order valence-electron chi connectivity index (χ3n) is 2.62. The molecule has 1 fully saturated rings. The molecule has 13 heavy (non-hydrogen) atoms. The highest BCUT2D eigenvalue weighted by Crippen LogP contribution is 2.20. The van der Waals surface area contributed by atoms with Crippen LogP contribution >= 0.6 is 11.6 Å². The van der Waals surface area contributed by atoms with Gasteiger partial charge in [0, 0.05) is 24.7 Å². The summed E-state index contributed by atoms with van der Waals surface area (Å²) in [5, 5.41) is 8.74. The average molecular weight is 204 g/mol. The number of aliphatic hydroxyl groups excluding tert-OH is 1. The number of hydrogen-bond donors (Lipinski definition) is 1. The molecule has 1 rings (SSSR count). The van der Waals surface area contributed by atoms with Gasteiger partial charge < -0.3 is 5.11 Å². The van der Waals surface area contributed by atoms with E-state index in [9.17, 15) is 0 Å². The highest BCUT2D eigenvalue weighted by atomic mass is 35.5. The predicted octanol–water partition coefficient (Wildman–Crippen LogP) is 1.98. The molecule has 0 radical (unpaired) electrons. The van der Waals surface area contributed by atoms with Crippen LogP contribution in [0.1, 0.15) is 25.7 Å². The normalized spacial score (nSPS) is 24.6. The molecule has 0 aromatic carbocycles. The van der Waals surface area contributed by atoms with Gasteiger partial charge in [0.05, 0.1) is 0 Å². The fraction of sp³-hybridized carbons (Fsp3) is 0.800. The molecular weight excluding hydrogens is 186 g/mol. The van der Waals surface area contributed by atoms with Crippen molar-refractivity contribution in [1.29, 1.82) is 0 Å². The van der Waals surface area contributed by atoms with Gasteiger partial charge in [-0.1, -0.05) is 17.7 Å². The highest BCUT2D eigenvalue weighted by molar-refractivity contribution is 6.25. The van der Waals surface area contributed by atoms with Crippen molar-refractivity contribution < 1.29 is 5.11 Å². The van der Waals surface area contributed by atoms with Crippen molar-refractivity contribution >= 4 is 11.6 Å². The van der Waals surface area contributed by atoms with Crippen LogP contribution in [0.15, 0.2) is 11.6 Å². The van der Waals surface area contributed by atoms with Crippen LogP contribution in [0.3, 0.4) is 0 Å². The molecule has 0 aromatic heterocycles. The van der Waals surface area contributed by atoms with Crippen LogP contribution in [-0.4, -0.2) is 35.7 Å². The molecule has 0 spiro atoms. The zero-order valence-electron chi connectivity index (χ0n) is 7.95. The molecule has 1 saturated heterocycles. The molecular formula is C10H18ClNO. The number of rotatable bonds is 5. The summed E-state index contributed by atoms with van der Waals surface area (Å²) in [5.41, 5.74) is 1.58. The van der Waals surface area contributed by atoms with E-state index in [4.69, 9.17) is 16.7 Å². The van der Waals surface area contributed by atoms with E-state index in [1.54, 1.807) is 5.54 Å². The highest BCUT2D eigenvalue weighted by Gasteiger charge is 2.22. The molecule has 1 N–H and O–H groups in total. The summed E-state index contributed by atoms with van der Waals surface area (Å²) in [4.78, 5) is 2.44. The second-order valence-electron chi connectivity index (χ2n) is 3.52. The number of likely N-dealkylation sites (tertiary alicyclic amines) is 1. The standard InChI is InChI=1S/C10H18ClNO/c11-6-3-8-12-7-1-4-10(12)5-2-9-13/h3,6,10,13H,1-2,4-5,7-9H2/b6-3+. The van der Waals surface area contributed by atoms with Crippen LogP contribution in [0, 0.1) is 0 Å². The molecule has 0 amide bonds. The van der Waals surface area contributed by atoms with E-state index in [2.05, 4.69) is 4.90 Å². The van der Waals surface area contributed by atoms with E-state index in [1.807, 2.05) is 6.08 Å². The lowest BCUT2D eigenvalue weighted by molar-refractivity contribution is 0.230. The second kappa shape index (κ2) is 6.41. The number of halogens is 1. The average Bonchev–Trinajstić information content (AvgIpc) is 2.59. The lowest BCUT2D eigenvalue weighted by Gasteiger charge is -2.22. The van der Waals surface area contributed by atoms with Gasteiger partial charge in [0.2, 0.25) is 0 Å². The van der Waals surface area contributed by atoms with Gasteiger partial charge in [-0.15, -0.1) is 0 Å². The first-order valence-corrected chi connectivity index (χ1v) is 5.42. The van der Waals surface area contributed by atoms with Gasteiger partial charge in [0.15, 0.2) is 0 Å². The SMILES string of the molecule is OCCCC1CCCN1C/C=C/Cl. The summed E-state index contributed by atoms with van der Waals surface area (Å²) in [6.07, 6.45) is 6.58. The maximum Gasteiger partial charge on any atom is 0.0431 e. The minimum absolute atomic E-state index is 0.315. The van der Waals surface area contributed by atoms with Gasteiger partial charge in [-0.2, -0.15) is 0 Å². The van der Waals surface area contributed by atoms with Gasteiger partial charge in [-0.3, -0.25) is 4.90 Å². The molecule has 0 aromatic rings. The maximum atomic E-state index is 8.74. The van der Waals surface area contributed by atoms with E-state index in [0.29, 0.717) is 12.6 Å². The Morgan fingerprint density at radius 3 is 3.08 bits per heavy atom. The topological polar surface area (TPSA) is 23.5 Å². The van der Waals surface area contributed by atoms with Crippen LogP contribution in [0.2, 0.25) is 0 Å². The van der Waals surface area contributed by atoms with E-state index < -0.39 is 0 Å². The Balaban J connectivity index is 2.26.